The molecule has 10 heavy (non-hydrogen) atoms. The smallest absolute Gasteiger partial charge is 0.245 e. The summed E-state index contributed by atoms with van der Waals surface area (Å²) in [6.07, 6.45) is 3.09. The van der Waals surface area contributed by atoms with Crippen LogP contribution in [-0.4, -0.2) is 31.4 Å². The highest BCUT2D eigenvalue weighted by Crippen LogP contribution is 1.78. The predicted molar refractivity (Wildman–Crippen MR) is 44.1 cm³/mol. The molecule has 1 amide bonds. The largest absolute Gasteiger partial charge is 0.345 e. The average molecular weight is 165 g/mol. The molecule has 0 atom stereocenters. The first kappa shape index (κ1) is 12.2. The van der Waals surface area contributed by atoms with Crippen LogP contribution in [-0.2, 0) is 4.79 Å². The molecule has 0 fully saturated rings. The van der Waals surface area contributed by atoms with Crippen LogP contribution in [0.4, 0.5) is 0 Å². The Balaban J connectivity index is 0. The molecule has 0 spiro atoms. The van der Waals surface area contributed by atoms with Gasteiger partial charge in [-0.05, 0) is 0 Å². The van der Waals surface area contributed by atoms with E-state index in [1.807, 2.05) is 0 Å². The number of carbonyl (C=O) groups excluding carboxylic acids is 1. The SMILES string of the molecule is CN(C)C(=O)/C=C/CN.Cl. The summed E-state index contributed by atoms with van der Waals surface area (Å²) in [6, 6.07) is 0. The van der Waals surface area contributed by atoms with Crippen molar-refractivity contribution in [1.82, 2.24) is 4.90 Å². The van der Waals surface area contributed by atoms with E-state index in [9.17, 15) is 4.79 Å². The molecular weight excluding hydrogens is 152 g/mol. The Hall–Kier alpha value is -0.540. The van der Waals surface area contributed by atoms with Crippen molar-refractivity contribution in [2.75, 3.05) is 20.6 Å². The summed E-state index contributed by atoms with van der Waals surface area (Å²) in [5.41, 5.74) is 5.12. The Morgan fingerprint density at radius 1 is 1.60 bits per heavy atom. The van der Waals surface area contributed by atoms with E-state index in [-0.39, 0.29) is 18.3 Å². The van der Waals surface area contributed by atoms with Gasteiger partial charge in [0.2, 0.25) is 5.91 Å². The van der Waals surface area contributed by atoms with Gasteiger partial charge in [0.25, 0.3) is 0 Å². The first-order chi connectivity index (χ1) is 4.18. The van der Waals surface area contributed by atoms with Gasteiger partial charge >= 0.3 is 0 Å². The second-order valence-electron chi connectivity index (χ2n) is 1.87. The molecule has 0 aromatic heterocycles. The van der Waals surface area contributed by atoms with Crippen LogP contribution in [0.25, 0.3) is 0 Å². The van der Waals surface area contributed by atoms with Crippen molar-refractivity contribution in [2.45, 2.75) is 0 Å². The fraction of sp³-hybridized carbons (Fsp3) is 0.500. The van der Waals surface area contributed by atoms with Crippen molar-refractivity contribution in [3.8, 4) is 0 Å². The lowest BCUT2D eigenvalue weighted by molar-refractivity contribution is -0.123. The quantitative estimate of drug-likeness (QED) is 0.585. The van der Waals surface area contributed by atoms with Gasteiger partial charge < -0.3 is 10.6 Å². The molecule has 0 unspecified atom stereocenters. The monoisotopic (exact) mass is 164 g/mol. The number of carbonyl (C=O) groups is 1. The van der Waals surface area contributed by atoms with E-state index >= 15 is 0 Å². The molecule has 0 saturated heterocycles. The summed E-state index contributed by atoms with van der Waals surface area (Å²) in [7, 11) is 3.40. The molecule has 4 heteroatoms. The normalized spacial score (nSPS) is 9.10. The lowest BCUT2D eigenvalue weighted by Gasteiger charge is -2.04. The molecule has 0 heterocycles. The highest BCUT2D eigenvalue weighted by Gasteiger charge is 1.93. The first-order valence-corrected chi connectivity index (χ1v) is 2.76. The molecular formula is C6H13ClN2O. The third-order valence-electron chi connectivity index (χ3n) is 0.837. The zero-order valence-corrected chi connectivity index (χ0v) is 7.02. The van der Waals surface area contributed by atoms with Crippen molar-refractivity contribution in [3.63, 3.8) is 0 Å². The molecule has 0 aliphatic heterocycles. The number of nitrogens with zero attached hydrogens (tertiary/aromatic N) is 1. The van der Waals surface area contributed by atoms with Crippen molar-refractivity contribution in [2.24, 2.45) is 5.73 Å². The minimum Gasteiger partial charge on any atom is -0.345 e. The van der Waals surface area contributed by atoms with Gasteiger partial charge in [-0.15, -0.1) is 12.4 Å². The Morgan fingerprint density at radius 3 is 2.40 bits per heavy atom. The van der Waals surface area contributed by atoms with Gasteiger partial charge in [-0.1, -0.05) is 6.08 Å². The van der Waals surface area contributed by atoms with Gasteiger partial charge in [0.1, 0.15) is 0 Å². The van der Waals surface area contributed by atoms with E-state index in [4.69, 9.17) is 5.73 Å². The van der Waals surface area contributed by atoms with E-state index < -0.39 is 0 Å². The molecule has 0 rings (SSSR count). The summed E-state index contributed by atoms with van der Waals surface area (Å²) < 4.78 is 0. The van der Waals surface area contributed by atoms with Crippen LogP contribution in [0.3, 0.4) is 0 Å². The first-order valence-electron chi connectivity index (χ1n) is 2.76. The van der Waals surface area contributed by atoms with Crippen molar-refractivity contribution in [3.05, 3.63) is 12.2 Å². The predicted octanol–water partition coefficient (Wildman–Crippen LogP) is 0.0113. The van der Waals surface area contributed by atoms with Crippen LogP contribution in [0.2, 0.25) is 0 Å². The van der Waals surface area contributed by atoms with E-state index in [0.29, 0.717) is 6.54 Å². The summed E-state index contributed by atoms with van der Waals surface area (Å²) in [5.74, 6) is -0.0274. The number of likely N-dealkylation sites (N-methyl/N-ethyl adjacent to an activating group) is 1. The second-order valence-corrected chi connectivity index (χ2v) is 1.87. The zero-order chi connectivity index (χ0) is 7.28. The van der Waals surface area contributed by atoms with Crippen LogP contribution < -0.4 is 5.73 Å². The fourth-order valence-corrected chi connectivity index (χ4v) is 0.318. The van der Waals surface area contributed by atoms with Gasteiger partial charge in [0.15, 0.2) is 0 Å². The van der Waals surface area contributed by atoms with E-state index in [1.54, 1.807) is 20.2 Å². The lowest BCUT2D eigenvalue weighted by atomic mass is 10.4. The number of nitrogens with two attached hydrogens (primary N) is 1. The molecule has 60 valence electrons. The summed E-state index contributed by atoms with van der Waals surface area (Å²) in [6.45, 7) is 0.416. The molecule has 2 N–H and O–H groups in total. The minimum atomic E-state index is -0.0274. The van der Waals surface area contributed by atoms with E-state index in [2.05, 4.69) is 0 Å². The third-order valence-corrected chi connectivity index (χ3v) is 0.837. The lowest BCUT2D eigenvalue weighted by Crippen LogP contribution is -2.19. The molecule has 0 aliphatic carbocycles. The van der Waals surface area contributed by atoms with Gasteiger partial charge in [0.05, 0.1) is 0 Å². The minimum absolute atomic E-state index is 0. The highest BCUT2D eigenvalue weighted by atomic mass is 35.5. The maximum Gasteiger partial charge on any atom is 0.245 e. The zero-order valence-electron chi connectivity index (χ0n) is 6.20. The standard InChI is InChI=1S/C6H12N2O.ClH/c1-8(2)6(9)4-3-5-7;/h3-4H,5,7H2,1-2H3;1H/b4-3+;. The van der Waals surface area contributed by atoms with E-state index in [1.165, 1.54) is 11.0 Å². The second kappa shape index (κ2) is 6.58. The molecule has 0 radical (unpaired) electrons. The van der Waals surface area contributed by atoms with Crippen LogP contribution in [0.15, 0.2) is 12.2 Å². The van der Waals surface area contributed by atoms with Crippen molar-refractivity contribution in [1.29, 1.82) is 0 Å². The molecule has 3 nitrogen and oxygen atoms in total. The third kappa shape index (κ3) is 5.59. The maximum atomic E-state index is 10.7. The van der Waals surface area contributed by atoms with Crippen molar-refractivity contribution >= 4 is 18.3 Å². The average Bonchev–Trinajstić information content (AvgIpc) is 1.82. The van der Waals surface area contributed by atoms with Crippen LogP contribution in [0.1, 0.15) is 0 Å². The van der Waals surface area contributed by atoms with Crippen LogP contribution in [0, 0.1) is 0 Å². The Bertz CT molecular complexity index is 123. The molecule has 0 bridgehead atoms. The molecule has 0 aromatic carbocycles. The highest BCUT2D eigenvalue weighted by molar-refractivity contribution is 5.87. The van der Waals surface area contributed by atoms with Crippen LogP contribution >= 0.6 is 12.4 Å². The van der Waals surface area contributed by atoms with Gasteiger partial charge in [0, 0.05) is 26.7 Å². The molecule has 0 aromatic rings. The molecule has 0 aliphatic rings. The maximum absolute atomic E-state index is 10.7. The van der Waals surface area contributed by atoms with Gasteiger partial charge in [-0.25, -0.2) is 0 Å². The van der Waals surface area contributed by atoms with E-state index in [0.717, 1.165) is 0 Å². The Labute approximate surface area is 67.3 Å². The van der Waals surface area contributed by atoms with Crippen LogP contribution in [0.5, 0.6) is 0 Å². The van der Waals surface area contributed by atoms with Gasteiger partial charge in [-0.3, -0.25) is 4.79 Å². The van der Waals surface area contributed by atoms with Gasteiger partial charge in [-0.2, -0.15) is 0 Å². The number of hydrogen-bond acceptors (Lipinski definition) is 2. The summed E-state index contributed by atoms with van der Waals surface area (Å²) in [5, 5.41) is 0. The summed E-state index contributed by atoms with van der Waals surface area (Å²) >= 11 is 0. The number of hydrogen-bond donors (Lipinski definition) is 1. The van der Waals surface area contributed by atoms with Crippen molar-refractivity contribution < 1.29 is 4.79 Å². The Kier molecular flexibility index (Phi) is 8.00. The fourth-order valence-electron chi connectivity index (χ4n) is 0.318. The number of halogens is 1. The number of rotatable bonds is 2. The topological polar surface area (TPSA) is 46.3 Å². The molecule has 0 saturated carbocycles. The Morgan fingerprint density at radius 2 is 2.10 bits per heavy atom. The summed E-state index contributed by atoms with van der Waals surface area (Å²) in [4.78, 5) is 12.2. The number of amides is 1.